The van der Waals surface area contributed by atoms with Crippen LogP contribution >= 0.6 is 0 Å². The highest BCUT2D eigenvalue weighted by Gasteiger charge is 2.26. The predicted molar refractivity (Wildman–Crippen MR) is 134 cm³/mol. The molecule has 0 saturated heterocycles. The average Bonchev–Trinajstić information content (AvgIpc) is 2.89. The van der Waals surface area contributed by atoms with Gasteiger partial charge in [0.15, 0.2) is 0 Å². The summed E-state index contributed by atoms with van der Waals surface area (Å²) in [5, 5.41) is 16.6. The molecule has 38 heavy (non-hydrogen) atoms. The van der Waals surface area contributed by atoms with Crippen molar-refractivity contribution in [2.75, 3.05) is 18.4 Å². The lowest BCUT2D eigenvalue weighted by Gasteiger charge is -2.22. The number of benzene rings is 2. The van der Waals surface area contributed by atoms with E-state index in [0.29, 0.717) is 36.1 Å². The number of carbonyl (C=O) groups excluding carboxylic acids is 3. The highest BCUT2D eigenvalue weighted by Crippen LogP contribution is 2.22. The van der Waals surface area contributed by atoms with Gasteiger partial charge in [-0.15, -0.1) is 18.3 Å². The number of hydrogen-bond donors (Lipinski definition) is 4. The van der Waals surface area contributed by atoms with Crippen molar-refractivity contribution in [2.45, 2.75) is 51.4 Å². The Labute approximate surface area is 218 Å². The maximum Gasteiger partial charge on any atom is 0.521 e. The number of anilines is 1. The summed E-state index contributed by atoms with van der Waals surface area (Å²) in [6, 6.07) is 12.3. The van der Waals surface area contributed by atoms with Gasteiger partial charge in [0.25, 0.3) is 5.91 Å². The van der Waals surface area contributed by atoms with Gasteiger partial charge in [-0.1, -0.05) is 30.1 Å². The highest BCUT2D eigenvalue weighted by atomic mass is 19.4. The molecule has 0 atom stereocenters. The number of unbranched alkanes of at least 4 members (excludes halogenated alkanes) is 3. The molecule has 0 aliphatic heterocycles. The van der Waals surface area contributed by atoms with E-state index < -0.39 is 12.2 Å². The highest BCUT2D eigenvalue weighted by molar-refractivity contribution is 5.95. The van der Waals surface area contributed by atoms with Crippen molar-refractivity contribution in [3.8, 4) is 0 Å². The second-order valence-electron chi connectivity index (χ2n) is 8.42. The van der Waals surface area contributed by atoms with Crippen molar-refractivity contribution in [1.29, 1.82) is 0 Å². The Bertz CT molecular complexity index is 1080. The maximum atomic E-state index is 13.0. The fourth-order valence-corrected chi connectivity index (χ4v) is 3.49. The Morgan fingerprint density at radius 1 is 0.895 bits per heavy atom. The van der Waals surface area contributed by atoms with Gasteiger partial charge in [0.2, 0.25) is 11.8 Å². The summed E-state index contributed by atoms with van der Waals surface area (Å²) in [6.07, 6.45) is -1.37. The minimum atomic E-state index is -4.75. The zero-order valence-electron chi connectivity index (χ0n) is 20.7. The van der Waals surface area contributed by atoms with Crippen LogP contribution in [0.2, 0.25) is 0 Å². The lowest BCUT2D eigenvalue weighted by Crippen LogP contribution is -2.34. The number of hydrogen-bond acceptors (Lipinski definition) is 7. The molecule has 0 spiro atoms. The molecule has 13 heteroatoms. The summed E-state index contributed by atoms with van der Waals surface area (Å²) in [5.74, 6) is -0.884. The van der Waals surface area contributed by atoms with Crippen LogP contribution in [0, 0.1) is 0 Å². The van der Waals surface area contributed by atoms with Gasteiger partial charge in [0.1, 0.15) is 0 Å². The topological polar surface area (TPSA) is 149 Å². The molecule has 10 nitrogen and oxygen atoms in total. The molecular formula is C25H31F3N6O4. The van der Waals surface area contributed by atoms with Crippen LogP contribution in [-0.2, 0) is 16.1 Å². The van der Waals surface area contributed by atoms with Gasteiger partial charge in [-0.3, -0.25) is 19.6 Å². The average molecular weight is 537 g/mol. The van der Waals surface area contributed by atoms with Crippen molar-refractivity contribution in [2.24, 2.45) is 16.0 Å². The van der Waals surface area contributed by atoms with Gasteiger partial charge in [0.05, 0.1) is 5.69 Å². The Kier molecular flexibility index (Phi) is 12.3. The summed E-state index contributed by atoms with van der Waals surface area (Å²) < 4.78 is 36.5. The van der Waals surface area contributed by atoms with E-state index in [1.165, 1.54) is 17.0 Å². The van der Waals surface area contributed by atoms with Gasteiger partial charge in [0, 0.05) is 43.7 Å². The van der Waals surface area contributed by atoms with Crippen LogP contribution in [0.15, 0.2) is 58.8 Å². The Morgan fingerprint density at radius 2 is 1.50 bits per heavy atom. The molecule has 2 aromatic rings. The lowest BCUT2D eigenvalue weighted by molar-refractivity contribution is -0.129. The largest absolute Gasteiger partial charge is 0.521 e. The zero-order chi connectivity index (χ0) is 28.0. The van der Waals surface area contributed by atoms with Crippen molar-refractivity contribution >= 4 is 29.1 Å². The van der Waals surface area contributed by atoms with Crippen molar-refractivity contribution < 1.29 is 32.8 Å². The third-order valence-electron chi connectivity index (χ3n) is 5.37. The van der Waals surface area contributed by atoms with Gasteiger partial charge in [-0.05, 0) is 54.8 Å². The number of hydroxylamine groups is 1. The fraction of sp³-hybridized carbons (Fsp3) is 0.400. The van der Waals surface area contributed by atoms with E-state index in [9.17, 15) is 27.6 Å². The summed E-state index contributed by atoms with van der Waals surface area (Å²) >= 11 is 0. The van der Waals surface area contributed by atoms with Crippen LogP contribution < -0.4 is 16.5 Å². The van der Waals surface area contributed by atoms with E-state index in [1.807, 2.05) is 0 Å². The quantitative estimate of drug-likeness (QED) is 0.0910. The SMILES string of the molecule is NCCN(Cc1ccc(/N=N\C(F)(F)F)cc1)C(=O)c1ccc(NC(=O)CCCCCCC(=O)NO)cc1. The van der Waals surface area contributed by atoms with E-state index in [2.05, 4.69) is 15.5 Å². The molecule has 0 radical (unpaired) electrons. The van der Waals surface area contributed by atoms with Gasteiger partial charge < -0.3 is 16.0 Å². The number of carbonyl (C=O) groups is 3. The van der Waals surface area contributed by atoms with Crippen LogP contribution in [0.25, 0.3) is 0 Å². The molecule has 2 aromatic carbocycles. The molecule has 0 aliphatic carbocycles. The Hall–Kier alpha value is -3.84. The number of alkyl halides is 3. The molecule has 0 unspecified atom stereocenters. The molecule has 5 N–H and O–H groups in total. The molecule has 206 valence electrons. The van der Waals surface area contributed by atoms with Crippen LogP contribution in [0.3, 0.4) is 0 Å². The van der Waals surface area contributed by atoms with Crippen molar-refractivity contribution in [3.63, 3.8) is 0 Å². The number of halogens is 3. The number of amides is 3. The summed E-state index contributed by atoms with van der Waals surface area (Å²) in [6.45, 7) is 0.666. The van der Waals surface area contributed by atoms with Crippen molar-refractivity contribution in [1.82, 2.24) is 10.4 Å². The van der Waals surface area contributed by atoms with Crippen LogP contribution in [0.4, 0.5) is 24.5 Å². The normalized spacial score (nSPS) is 11.4. The minimum absolute atomic E-state index is 0.0347. The molecule has 0 aromatic heterocycles. The minimum Gasteiger partial charge on any atom is -0.333 e. The second kappa shape index (κ2) is 15.4. The zero-order valence-corrected chi connectivity index (χ0v) is 20.7. The second-order valence-corrected chi connectivity index (χ2v) is 8.42. The van der Waals surface area contributed by atoms with Gasteiger partial charge in [-0.2, -0.15) is 0 Å². The van der Waals surface area contributed by atoms with E-state index in [0.717, 1.165) is 12.8 Å². The molecule has 0 heterocycles. The van der Waals surface area contributed by atoms with Crippen molar-refractivity contribution in [3.05, 3.63) is 59.7 Å². The molecule has 0 bridgehead atoms. The first-order valence-electron chi connectivity index (χ1n) is 12.0. The van der Waals surface area contributed by atoms with E-state index in [4.69, 9.17) is 10.9 Å². The summed E-state index contributed by atoms with van der Waals surface area (Å²) in [4.78, 5) is 37.6. The number of nitrogens with two attached hydrogens (primary N) is 1. The molecule has 0 saturated carbocycles. The Balaban J connectivity index is 1.87. The number of nitrogens with one attached hydrogen (secondary N) is 2. The molecule has 0 aliphatic rings. The third-order valence-corrected chi connectivity index (χ3v) is 5.37. The van der Waals surface area contributed by atoms with Crippen LogP contribution in [0.5, 0.6) is 0 Å². The number of rotatable bonds is 14. The number of azo groups is 1. The maximum absolute atomic E-state index is 13.0. The van der Waals surface area contributed by atoms with Crippen LogP contribution in [0.1, 0.15) is 54.4 Å². The summed E-state index contributed by atoms with van der Waals surface area (Å²) in [5.41, 5.74) is 8.89. The molecule has 3 amide bonds. The fourth-order valence-electron chi connectivity index (χ4n) is 3.49. The molecule has 0 fully saturated rings. The van der Waals surface area contributed by atoms with Gasteiger partial charge >= 0.3 is 6.30 Å². The number of nitrogens with zero attached hydrogens (tertiary/aromatic N) is 3. The monoisotopic (exact) mass is 536 g/mol. The Morgan fingerprint density at radius 3 is 2.05 bits per heavy atom. The molecule has 2 rings (SSSR count). The van der Waals surface area contributed by atoms with E-state index >= 15 is 0 Å². The van der Waals surface area contributed by atoms with Gasteiger partial charge in [-0.25, -0.2) is 5.48 Å². The van der Waals surface area contributed by atoms with E-state index in [-0.39, 0.29) is 43.6 Å². The lowest BCUT2D eigenvalue weighted by atomic mass is 10.1. The first-order chi connectivity index (χ1) is 18.1. The summed E-state index contributed by atoms with van der Waals surface area (Å²) in [7, 11) is 0. The van der Waals surface area contributed by atoms with Crippen LogP contribution in [-0.4, -0.2) is 47.2 Å². The molecular weight excluding hydrogens is 505 g/mol. The predicted octanol–water partition coefficient (Wildman–Crippen LogP) is 4.68. The van der Waals surface area contributed by atoms with E-state index in [1.54, 1.807) is 41.9 Å². The smallest absolute Gasteiger partial charge is 0.333 e. The first kappa shape index (κ1) is 30.4. The first-order valence-corrected chi connectivity index (χ1v) is 12.0. The third kappa shape index (κ3) is 11.5. The standard InChI is InChI=1S/C25H31F3N6O4/c26-25(27,28)33-31-21-11-7-18(8-12-21)17-34(16-15-29)24(37)19-9-13-20(14-10-19)30-22(35)5-3-1-2-4-6-23(36)32-38/h7-14,38H,1-6,15-17,29H2,(H,30,35)(H,32,36)/b33-31-.